The molecule has 0 aromatic rings. The van der Waals surface area contributed by atoms with Gasteiger partial charge in [0.25, 0.3) is 0 Å². The normalized spacial score (nSPS) is 38.6. The van der Waals surface area contributed by atoms with E-state index >= 15 is 0 Å². The molecule has 8 heteroatoms. The Morgan fingerprint density at radius 1 is 1.27 bits per heavy atom. The van der Waals surface area contributed by atoms with Crippen molar-refractivity contribution < 1.29 is 38.4 Å². The van der Waals surface area contributed by atoms with E-state index in [2.05, 4.69) is 6.58 Å². The summed E-state index contributed by atoms with van der Waals surface area (Å²) in [4.78, 5) is 36.5. The molecule has 30 heavy (non-hydrogen) atoms. The summed E-state index contributed by atoms with van der Waals surface area (Å²) in [5.74, 6) is -2.49. The highest BCUT2D eigenvalue weighted by Gasteiger charge is 2.59. The Labute approximate surface area is 175 Å². The minimum Gasteiger partial charge on any atom is -0.458 e. The number of rotatable bonds is 3. The molecule has 7 unspecified atom stereocenters. The Balaban J connectivity index is 2.00. The molecule has 2 aliphatic heterocycles. The van der Waals surface area contributed by atoms with Crippen LogP contribution in [0.4, 0.5) is 0 Å². The van der Waals surface area contributed by atoms with Gasteiger partial charge in [-0.3, -0.25) is 4.79 Å². The van der Waals surface area contributed by atoms with Gasteiger partial charge in [-0.25, -0.2) is 9.59 Å². The van der Waals surface area contributed by atoms with E-state index in [-0.39, 0.29) is 11.7 Å². The molecule has 7 atom stereocenters. The zero-order valence-electron chi connectivity index (χ0n) is 17.8. The quantitative estimate of drug-likeness (QED) is 0.242. The lowest BCUT2D eigenvalue weighted by Gasteiger charge is -2.32. The smallest absolute Gasteiger partial charge is 0.341 e. The fourth-order valence-electron chi connectivity index (χ4n) is 3.82. The van der Waals surface area contributed by atoms with Gasteiger partial charge in [0.15, 0.2) is 5.60 Å². The third-order valence-electron chi connectivity index (χ3n) is 6.08. The van der Waals surface area contributed by atoms with E-state index in [0.29, 0.717) is 17.6 Å². The van der Waals surface area contributed by atoms with Crippen LogP contribution in [-0.4, -0.2) is 59.1 Å². The number of esters is 3. The van der Waals surface area contributed by atoms with Crippen molar-refractivity contribution in [2.24, 2.45) is 5.92 Å². The number of ether oxygens (including phenoxy) is 4. The first-order valence-corrected chi connectivity index (χ1v) is 9.94. The van der Waals surface area contributed by atoms with Gasteiger partial charge in [-0.15, -0.1) is 0 Å². The van der Waals surface area contributed by atoms with Crippen molar-refractivity contribution in [2.45, 2.75) is 77.2 Å². The number of aliphatic hydroxyl groups excluding tert-OH is 1. The number of fused-ring (bicyclic) bond motifs is 1. The van der Waals surface area contributed by atoms with E-state index < -0.39 is 53.8 Å². The van der Waals surface area contributed by atoms with Crippen molar-refractivity contribution in [3.8, 4) is 0 Å². The van der Waals surface area contributed by atoms with Gasteiger partial charge in [0, 0.05) is 18.9 Å². The molecule has 2 saturated heterocycles. The van der Waals surface area contributed by atoms with Crippen molar-refractivity contribution in [1.29, 1.82) is 0 Å². The summed E-state index contributed by atoms with van der Waals surface area (Å²) in [7, 11) is 0. The lowest BCUT2D eigenvalue weighted by atomic mass is 9.83. The maximum Gasteiger partial charge on any atom is 0.341 e. The summed E-state index contributed by atoms with van der Waals surface area (Å²) >= 11 is 0. The van der Waals surface area contributed by atoms with Gasteiger partial charge >= 0.3 is 17.9 Å². The predicted molar refractivity (Wildman–Crippen MR) is 105 cm³/mol. The molecule has 8 nitrogen and oxygen atoms in total. The van der Waals surface area contributed by atoms with Crippen LogP contribution in [0, 0.1) is 5.92 Å². The topological polar surface area (TPSA) is 112 Å². The number of carbonyl (C=O) groups is 3. The zero-order valence-corrected chi connectivity index (χ0v) is 17.8. The molecule has 1 N–H and O–H groups in total. The highest BCUT2D eigenvalue weighted by atomic mass is 16.7. The third-order valence-corrected chi connectivity index (χ3v) is 6.08. The first kappa shape index (κ1) is 22.2. The van der Waals surface area contributed by atoms with Gasteiger partial charge in [-0.05, 0) is 44.9 Å². The molecule has 0 bridgehead atoms. The largest absolute Gasteiger partial charge is 0.458 e. The Bertz CT molecular complexity index is 840. The van der Waals surface area contributed by atoms with Crippen molar-refractivity contribution in [3.05, 3.63) is 35.5 Å². The highest BCUT2D eigenvalue weighted by Crippen LogP contribution is 2.41. The summed E-state index contributed by atoms with van der Waals surface area (Å²) in [6, 6.07) is 0. The van der Waals surface area contributed by atoms with Gasteiger partial charge in [-0.1, -0.05) is 12.7 Å². The van der Waals surface area contributed by atoms with E-state index in [1.165, 1.54) is 6.92 Å². The number of aliphatic hydroxyl groups is 1. The van der Waals surface area contributed by atoms with E-state index in [4.69, 9.17) is 18.9 Å². The summed E-state index contributed by atoms with van der Waals surface area (Å²) in [5.41, 5.74) is 0.215. The van der Waals surface area contributed by atoms with Crippen LogP contribution in [-0.2, 0) is 33.3 Å². The van der Waals surface area contributed by atoms with Gasteiger partial charge < -0.3 is 24.1 Å². The number of hydrogen-bond acceptors (Lipinski definition) is 8. The number of hydrogen-bond donors (Lipinski definition) is 1. The number of epoxide rings is 1. The first-order chi connectivity index (χ1) is 14.0. The van der Waals surface area contributed by atoms with Crippen LogP contribution in [0.1, 0.15) is 41.0 Å². The van der Waals surface area contributed by atoms with Crippen LogP contribution in [0.3, 0.4) is 0 Å². The van der Waals surface area contributed by atoms with Crippen LogP contribution in [0.2, 0.25) is 0 Å². The summed E-state index contributed by atoms with van der Waals surface area (Å²) in [6.45, 7) is 11.9. The molecular weight excluding hydrogens is 392 g/mol. The fourth-order valence-corrected chi connectivity index (χ4v) is 3.82. The summed E-state index contributed by atoms with van der Waals surface area (Å²) < 4.78 is 21.9. The van der Waals surface area contributed by atoms with Crippen LogP contribution in [0.25, 0.3) is 0 Å². The minimum absolute atomic E-state index is 0.105. The fraction of sp³-hybridized carbons (Fsp3) is 0.591. The molecule has 0 spiro atoms. The Morgan fingerprint density at radius 2 is 1.90 bits per heavy atom. The van der Waals surface area contributed by atoms with Crippen LogP contribution < -0.4 is 0 Å². The SMILES string of the molecule is C=C1C(=O)OC2C=C(C)C(OC(C)=O)CC=C(C)C(O)C(OC(=O)C3(C)OC3C)C12. The first-order valence-electron chi connectivity index (χ1n) is 9.94. The monoisotopic (exact) mass is 420 g/mol. The van der Waals surface area contributed by atoms with Crippen LogP contribution in [0.5, 0.6) is 0 Å². The molecule has 3 rings (SSSR count). The lowest BCUT2D eigenvalue weighted by Crippen LogP contribution is -2.45. The molecule has 0 amide bonds. The highest BCUT2D eigenvalue weighted by molar-refractivity contribution is 5.91. The van der Waals surface area contributed by atoms with Gasteiger partial charge in [0.05, 0.1) is 12.0 Å². The second-order valence-electron chi connectivity index (χ2n) is 8.30. The zero-order chi connectivity index (χ0) is 22.4. The van der Waals surface area contributed by atoms with Crippen LogP contribution >= 0.6 is 0 Å². The van der Waals surface area contributed by atoms with E-state index in [1.54, 1.807) is 39.8 Å². The molecule has 164 valence electrons. The second-order valence-corrected chi connectivity index (χ2v) is 8.30. The Hall–Kier alpha value is -2.45. The van der Waals surface area contributed by atoms with E-state index in [0.717, 1.165) is 0 Å². The van der Waals surface area contributed by atoms with Gasteiger partial charge in [0.2, 0.25) is 0 Å². The summed E-state index contributed by atoms with van der Waals surface area (Å²) in [6.07, 6.45) is -0.303. The molecule has 2 heterocycles. The average Bonchev–Trinajstić information content (AvgIpc) is 3.19. The summed E-state index contributed by atoms with van der Waals surface area (Å²) in [5, 5.41) is 11.0. The van der Waals surface area contributed by atoms with Gasteiger partial charge in [-0.2, -0.15) is 0 Å². The molecule has 0 aromatic heterocycles. The minimum atomic E-state index is -1.21. The predicted octanol–water partition coefficient (Wildman–Crippen LogP) is 1.76. The van der Waals surface area contributed by atoms with Crippen molar-refractivity contribution in [1.82, 2.24) is 0 Å². The molecule has 3 aliphatic rings. The van der Waals surface area contributed by atoms with Crippen molar-refractivity contribution in [3.63, 3.8) is 0 Å². The average molecular weight is 420 g/mol. The van der Waals surface area contributed by atoms with E-state index in [9.17, 15) is 19.5 Å². The molecule has 0 aromatic carbocycles. The Kier molecular flexibility index (Phi) is 5.93. The third kappa shape index (κ3) is 4.06. The molecule has 1 aliphatic carbocycles. The van der Waals surface area contributed by atoms with Crippen molar-refractivity contribution in [2.75, 3.05) is 0 Å². The maximum absolute atomic E-state index is 12.7. The number of carbonyl (C=O) groups excluding carboxylic acids is 3. The van der Waals surface area contributed by atoms with Crippen LogP contribution in [0.15, 0.2) is 35.5 Å². The van der Waals surface area contributed by atoms with Gasteiger partial charge in [0.1, 0.15) is 24.4 Å². The molecule has 0 saturated carbocycles. The second kappa shape index (κ2) is 8.00. The van der Waals surface area contributed by atoms with E-state index in [1.807, 2.05) is 0 Å². The van der Waals surface area contributed by atoms with Crippen molar-refractivity contribution >= 4 is 17.9 Å². The molecular formula is C22H28O8. The standard InChI is InChI=1S/C22H28O8/c1-10-7-8-15(27-14(5)23)11(2)9-16-17(12(3)20(25)28-16)19(18(10)24)29-21(26)22(6)13(4)30-22/h7,9,13,15-19,24H,3,8H2,1-2,4-6H3. The Morgan fingerprint density at radius 3 is 2.47 bits per heavy atom. The molecule has 2 fully saturated rings. The molecule has 0 radical (unpaired) electrons. The maximum atomic E-state index is 12.7. The lowest BCUT2D eigenvalue weighted by molar-refractivity contribution is -0.164.